The first-order chi connectivity index (χ1) is 9.60. The van der Waals surface area contributed by atoms with E-state index in [4.69, 9.17) is 20.9 Å². The van der Waals surface area contributed by atoms with Gasteiger partial charge in [0.15, 0.2) is 0 Å². The minimum Gasteiger partial charge on any atom is -0.494 e. The zero-order valence-corrected chi connectivity index (χ0v) is 11.0. The maximum atomic E-state index is 11.2. The van der Waals surface area contributed by atoms with Gasteiger partial charge in [0.05, 0.1) is 24.1 Å². The summed E-state index contributed by atoms with van der Waals surface area (Å²) in [7, 11) is 0. The predicted molar refractivity (Wildman–Crippen MR) is 74.9 cm³/mol. The van der Waals surface area contributed by atoms with Crippen LogP contribution in [0.15, 0.2) is 36.5 Å². The van der Waals surface area contributed by atoms with Crippen LogP contribution in [0.1, 0.15) is 17.3 Å². The monoisotopic (exact) mass is 273 g/mol. The number of benzene rings is 1. The average molecular weight is 273 g/mol. The lowest BCUT2D eigenvalue weighted by Crippen LogP contribution is -2.13. The van der Waals surface area contributed by atoms with Gasteiger partial charge in [-0.3, -0.25) is 4.79 Å². The largest absolute Gasteiger partial charge is 0.494 e. The summed E-state index contributed by atoms with van der Waals surface area (Å²) in [5.74, 6) is 0.947. The number of primary amides is 1. The van der Waals surface area contributed by atoms with Crippen molar-refractivity contribution in [3.8, 4) is 17.4 Å². The number of rotatable bonds is 5. The first-order valence-electron chi connectivity index (χ1n) is 6.06. The third-order valence-electron chi connectivity index (χ3n) is 2.53. The molecule has 1 aromatic heterocycles. The number of ether oxygens (including phenoxy) is 2. The van der Waals surface area contributed by atoms with E-state index >= 15 is 0 Å². The molecule has 0 fully saturated rings. The minimum absolute atomic E-state index is 0.181. The molecule has 0 radical (unpaired) electrons. The Morgan fingerprint density at radius 3 is 2.50 bits per heavy atom. The molecule has 6 nitrogen and oxygen atoms in total. The van der Waals surface area contributed by atoms with E-state index in [2.05, 4.69) is 4.98 Å². The average Bonchev–Trinajstić information content (AvgIpc) is 2.43. The van der Waals surface area contributed by atoms with Crippen LogP contribution in [0.5, 0.6) is 17.4 Å². The molecule has 0 unspecified atom stereocenters. The fourth-order valence-corrected chi connectivity index (χ4v) is 1.61. The zero-order valence-electron chi connectivity index (χ0n) is 11.0. The normalized spacial score (nSPS) is 10.1. The quantitative estimate of drug-likeness (QED) is 0.867. The Morgan fingerprint density at radius 1 is 1.25 bits per heavy atom. The summed E-state index contributed by atoms with van der Waals surface area (Å²) < 4.78 is 10.9. The van der Waals surface area contributed by atoms with Crippen LogP contribution < -0.4 is 20.9 Å². The highest BCUT2D eigenvalue weighted by Gasteiger charge is 2.09. The SMILES string of the molecule is CCOc1ccc(Oc2cc(C(N)=O)c(N)cn2)cc1. The number of nitrogen functional groups attached to an aromatic ring is 1. The van der Waals surface area contributed by atoms with Crippen molar-refractivity contribution >= 4 is 11.6 Å². The van der Waals surface area contributed by atoms with Crippen LogP contribution in [-0.4, -0.2) is 17.5 Å². The van der Waals surface area contributed by atoms with Crippen LogP contribution in [-0.2, 0) is 0 Å². The topological polar surface area (TPSA) is 100 Å². The first kappa shape index (κ1) is 13.7. The number of nitrogens with two attached hydrogens (primary N) is 2. The van der Waals surface area contributed by atoms with E-state index in [0.29, 0.717) is 12.4 Å². The molecular formula is C14H15N3O3. The Balaban J connectivity index is 2.17. The van der Waals surface area contributed by atoms with Crippen molar-refractivity contribution in [2.24, 2.45) is 5.73 Å². The lowest BCUT2D eigenvalue weighted by molar-refractivity contribution is 0.100. The standard InChI is InChI=1S/C14H15N3O3/c1-2-19-9-3-5-10(6-4-9)20-13-7-11(14(16)18)12(15)8-17-13/h3-8H,2,15H2,1H3,(H2,16,18). The van der Waals surface area contributed by atoms with Crippen LogP contribution in [0.3, 0.4) is 0 Å². The Bertz CT molecular complexity index is 612. The van der Waals surface area contributed by atoms with Crippen LogP contribution in [0.2, 0.25) is 0 Å². The fourth-order valence-electron chi connectivity index (χ4n) is 1.61. The van der Waals surface area contributed by atoms with Crippen molar-refractivity contribution in [1.82, 2.24) is 4.98 Å². The van der Waals surface area contributed by atoms with E-state index in [0.717, 1.165) is 5.75 Å². The van der Waals surface area contributed by atoms with Gasteiger partial charge in [-0.2, -0.15) is 0 Å². The molecule has 1 amide bonds. The molecule has 104 valence electrons. The second kappa shape index (κ2) is 5.92. The Kier molecular flexibility index (Phi) is 4.05. The molecule has 4 N–H and O–H groups in total. The molecular weight excluding hydrogens is 258 g/mol. The van der Waals surface area contributed by atoms with Crippen molar-refractivity contribution in [1.29, 1.82) is 0 Å². The number of aromatic nitrogens is 1. The second-order valence-corrected chi connectivity index (χ2v) is 3.98. The minimum atomic E-state index is -0.624. The molecule has 2 rings (SSSR count). The summed E-state index contributed by atoms with van der Waals surface area (Å²) in [4.78, 5) is 15.2. The third kappa shape index (κ3) is 3.17. The maximum Gasteiger partial charge on any atom is 0.251 e. The van der Waals surface area contributed by atoms with Crippen LogP contribution in [0, 0.1) is 0 Å². The molecule has 0 aliphatic heterocycles. The first-order valence-corrected chi connectivity index (χ1v) is 6.06. The van der Waals surface area contributed by atoms with Gasteiger partial charge in [0.25, 0.3) is 5.91 Å². The molecule has 0 aliphatic carbocycles. The van der Waals surface area contributed by atoms with E-state index < -0.39 is 5.91 Å². The van der Waals surface area contributed by atoms with Gasteiger partial charge in [-0.1, -0.05) is 0 Å². The Morgan fingerprint density at radius 2 is 1.90 bits per heavy atom. The van der Waals surface area contributed by atoms with Crippen molar-refractivity contribution in [3.05, 3.63) is 42.1 Å². The van der Waals surface area contributed by atoms with Gasteiger partial charge in [-0.15, -0.1) is 0 Å². The molecule has 0 bridgehead atoms. The van der Waals surface area contributed by atoms with Gasteiger partial charge in [-0.25, -0.2) is 4.98 Å². The molecule has 1 aromatic carbocycles. The number of hydrogen-bond donors (Lipinski definition) is 2. The molecule has 20 heavy (non-hydrogen) atoms. The summed E-state index contributed by atoms with van der Waals surface area (Å²) >= 11 is 0. The second-order valence-electron chi connectivity index (χ2n) is 3.98. The van der Waals surface area contributed by atoms with Crippen molar-refractivity contribution in [2.45, 2.75) is 6.92 Å². The summed E-state index contributed by atoms with van der Waals surface area (Å²) in [6, 6.07) is 8.46. The van der Waals surface area contributed by atoms with Crippen molar-refractivity contribution in [2.75, 3.05) is 12.3 Å². The number of carbonyl (C=O) groups excluding carboxylic acids is 1. The molecule has 2 aromatic rings. The molecule has 0 saturated carbocycles. The summed E-state index contributed by atoms with van der Waals surface area (Å²) in [6.45, 7) is 2.51. The third-order valence-corrected chi connectivity index (χ3v) is 2.53. The molecule has 1 heterocycles. The van der Waals surface area contributed by atoms with E-state index in [1.165, 1.54) is 12.3 Å². The highest BCUT2D eigenvalue weighted by Crippen LogP contribution is 2.24. The highest BCUT2D eigenvalue weighted by molar-refractivity contribution is 5.98. The van der Waals surface area contributed by atoms with Crippen LogP contribution in [0.4, 0.5) is 5.69 Å². The summed E-state index contributed by atoms with van der Waals surface area (Å²) in [5, 5.41) is 0. The van der Waals surface area contributed by atoms with Gasteiger partial charge in [-0.05, 0) is 31.2 Å². The van der Waals surface area contributed by atoms with Crippen molar-refractivity contribution < 1.29 is 14.3 Å². The van der Waals surface area contributed by atoms with E-state index in [-0.39, 0.29) is 17.1 Å². The number of nitrogens with zero attached hydrogens (tertiary/aromatic N) is 1. The molecule has 0 atom stereocenters. The van der Waals surface area contributed by atoms with E-state index in [1.54, 1.807) is 24.3 Å². The van der Waals surface area contributed by atoms with Gasteiger partial charge in [0, 0.05) is 6.07 Å². The van der Waals surface area contributed by atoms with Gasteiger partial charge in [0.2, 0.25) is 5.88 Å². The highest BCUT2D eigenvalue weighted by atomic mass is 16.5. The van der Waals surface area contributed by atoms with Crippen LogP contribution in [0.25, 0.3) is 0 Å². The Hall–Kier alpha value is -2.76. The van der Waals surface area contributed by atoms with E-state index in [1.807, 2.05) is 6.92 Å². The lowest BCUT2D eigenvalue weighted by atomic mass is 10.2. The maximum absolute atomic E-state index is 11.2. The summed E-state index contributed by atoms with van der Waals surface area (Å²) in [5.41, 5.74) is 11.2. The number of pyridine rings is 1. The van der Waals surface area contributed by atoms with Crippen LogP contribution >= 0.6 is 0 Å². The van der Waals surface area contributed by atoms with E-state index in [9.17, 15) is 4.79 Å². The molecule has 0 saturated heterocycles. The zero-order chi connectivity index (χ0) is 14.5. The number of hydrogen-bond acceptors (Lipinski definition) is 5. The van der Waals surface area contributed by atoms with Crippen molar-refractivity contribution in [3.63, 3.8) is 0 Å². The predicted octanol–water partition coefficient (Wildman–Crippen LogP) is 1.95. The fraction of sp³-hybridized carbons (Fsp3) is 0.143. The van der Waals surface area contributed by atoms with Gasteiger partial charge in [0.1, 0.15) is 11.5 Å². The van der Waals surface area contributed by atoms with Gasteiger partial charge >= 0.3 is 0 Å². The lowest BCUT2D eigenvalue weighted by Gasteiger charge is -2.08. The number of anilines is 1. The van der Waals surface area contributed by atoms with Gasteiger partial charge < -0.3 is 20.9 Å². The summed E-state index contributed by atoms with van der Waals surface area (Å²) in [6.07, 6.45) is 1.34. The smallest absolute Gasteiger partial charge is 0.251 e. The molecule has 6 heteroatoms. The molecule has 0 aliphatic rings. The molecule has 0 spiro atoms. The number of carbonyl (C=O) groups is 1. The Labute approximate surface area is 116 Å². The number of amides is 1.